The number of amides is 1. The largest absolute Gasteiger partial charge is 0.494 e. The molecule has 11 nitrogen and oxygen atoms in total. The highest BCUT2D eigenvalue weighted by Crippen LogP contribution is 2.28. The molecule has 1 amide bonds. The van der Waals surface area contributed by atoms with Crippen LogP contribution in [0.5, 0.6) is 5.75 Å². The number of rotatable bonds is 9. The van der Waals surface area contributed by atoms with Gasteiger partial charge in [0.15, 0.2) is 17.7 Å². The molecule has 1 fully saturated rings. The quantitative estimate of drug-likeness (QED) is 0.477. The summed E-state index contributed by atoms with van der Waals surface area (Å²) in [5, 5.41) is 23.0. The number of carbonyl (C=O) groups excluding carboxylic acids is 1. The smallest absolute Gasteiger partial charge is 0.259 e. The molecule has 13 heteroatoms. The highest BCUT2D eigenvalue weighted by molar-refractivity contribution is 7.19. The first-order valence-corrected chi connectivity index (χ1v) is 11.1. The molecular weight excluding hydrogens is 451 g/mol. The van der Waals surface area contributed by atoms with Gasteiger partial charge in [-0.25, -0.2) is 9.37 Å². The summed E-state index contributed by atoms with van der Waals surface area (Å²) in [4.78, 5) is 19.1. The van der Waals surface area contributed by atoms with E-state index in [2.05, 4.69) is 36.0 Å². The Kier molecular flexibility index (Phi) is 7.19. The average molecular weight is 475 g/mol. The van der Waals surface area contributed by atoms with Crippen molar-refractivity contribution in [2.45, 2.75) is 25.5 Å². The Bertz CT molecular complexity index is 1090. The maximum atomic E-state index is 13.8. The van der Waals surface area contributed by atoms with Crippen LogP contribution in [0, 0.1) is 5.82 Å². The standard InChI is InChI=1S/C20H23FN8O3S/c1-3-32-16(12-4-5-14(21)15(10-12)31-2)17(30)25-20-28-27-19(33-20)24-13-6-9-29(11-13)18-22-7-8-23-26-18/h4-5,7-8,10,13,16H,3,6,9,11H2,1-2H3,(H,24,27)(H,25,28,30)/t13-,16-/m1/s1. The molecule has 0 spiro atoms. The van der Waals surface area contributed by atoms with E-state index in [0.29, 0.717) is 34.9 Å². The maximum Gasteiger partial charge on any atom is 0.259 e. The molecule has 1 aromatic carbocycles. The van der Waals surface area contributed by atoms with E-state index in [1.165, 1.54) is 42.8 Å². The lowest BCUT2D eigenvalue weighted by atomic mass is 10.1. The predicted octanol–water partition coefficient (Wildman–Crippen LogP) is 2.28. The number of benzene rings is 1. The van der Waals surface area contributed by atoms with E-state index in [0.717, 1.165) is 13.0 Å². The van der Waals surface area contributed by atoms with Crippen LogP contribution in [-0.2, 0) is 9.53 Å². The summed E-state index contributed by atoms with van der Waals surface area (Å²) in [6, 6.07) is 4.30. The lowest BCUT2D eigenvalue weighted by Gasteiger charge is -2.17. The topological polar surface area (TPSA) is 127 Å². The third-order valence-corrected chi connectivity index (χ3v) is 5.74. The zero-order chi connectivity index (χ0) is 23.2. The highest BCUT2D eigenvalue weighted by atomic mass is 32.1. The summed E-state index contributed by atoms with van der Waals surface area (Å²) in [7, 11) is 1.36. The third-order valence-electron chi connectivity index (χ3n) is 4.97. The van der Waals surface area contributed by atoms with Crippen molar-refractivity contribution >= 4 is 33.5 Å². The number of ether oxygens (including phenoxy) is 2. The van der Waals surface area contributed by atoms with E-state index in [9.17, 15) is 9.18 Å². The second-order valence-corrected chi connectivity index (χ2v) is 8.13. The van der Waals surface area contributed by atoms with Crippen LogP contribution >= 0.6 is 11.3 Å². The van der Waals surface area contributed by atoms with Crippen molar-refractivity contribution in [1.29, 1.82) is 0 Å². The number of methoxy groups -OCH3 is 1. The number of halogens is 1. The molecule has 3 heterocycles. The monoisotopic (exact) mass is 474 g/mol. The van der Waals surface area contributed by atoms with Crippen molar-refractivity contribution in [1.82, 2.24) is 25.4 Å². The first-order valence-electron chi connectivity index (χ1n) is 10.3. The molecule has 2 aromatic heterocycles. The number of hydrogen-bond donors (Lipinski definition) is 2. The summed E-state index contributed by atoms with van der Waals surface area (Å²) in [6.07, 6.45) is 3.07. The lowest BCUT2D eigenvalue weighted by Crippen LogP contribution is -2.27. The summed E-state index contributed by atoms with van der Waals surface area (Å²) in [5.41, 5.74) is 0.471. The molecule has 4 rings (SSSR count). The van der Waals surface area contributed by atoms with Crippen LogP contribution in [0.15, 0.2) is 30.6 Å². The Morgan fingerprint density at radius 3 is 2.91 bits per heavy atom. The Morgan fingerprint density at radius 2 is 2.15 bits per heavy atom. The van der Waals surface area contributed by atoms with Crippen LogP contribution in [0.1, 0.15) is 25.0 Å². The van der Waals surface area contributed by atoms with Crippen molar-refractivity contribution in [3.8, 4) is 5.75 Å². The number of nitrogens with one attached hydrogen (secondary N) is 2. The van der Waals surface area contributed by atoms with E-state index in [-0.39, 0.29) is 11.8 Å². The molecule has 0 saturated carbocycles. The van der Waals surface area contributed by atoms with Crippen molar-refractivity contribution in [3.63, 3.8) is 0 Å². The van der Waals surface area contributed by atoms with Crippen LogP contribution in [0.3, 0.4) is 0 Å². The molecule has 174 valence electrons. The molecule has 2 N–H and O–H groups in total. The van der Waals surface area contributed by atoms with Crippen molar-refractivity contribution in [2.24, 2.45) is 0 Å². The van der Waals surface area contributed by atoms with Gasteiger partial charge in [0.1, 0.15) is 0 Å². The minimum atomic E-state index is -0.951. The summed E-state index contributed by atoms with van der Waals surface area (Å²) in [6.45, 7) is 3.56. The zero-order valence-electron chi connectivity index (χ0n) is 18.1. The molecule has 0 aliphatic carbocycles. The van der Waals surface area contributed by atoms with Gasteiger partial charge in [0.05, 0.1) is 19.5 Å². The van der Waals surface area contributed by atoms with E-state index in [1.807, 2.05) is 4.90 Å². The van der Waals surface area contributed by atoms with Gasteiger partial charge < -0.3 is 19.7 Å². The van der Waals surface area contributed by atoms with Gasteiger partial charge in [-0.1, -0.05) is 17.4 Å². The summed E-state index contributed by atoms with van der Waals surface area (Å²) < 4.78 is 24.4. The maximum absolute atomic E-state index is 13.8. The number of hydrogen-bond acceptors (Lipinski definition) is 11. The fraction of sp³-hybridized carbons (Fsp3) is 0.400. The summed E-state index contributed by atoms with van der Waals surface area (Å²) in [5.74, 6) is -0.326. The Morgan fingerprint density at radius 1 is 1.30 bits per heavy atom. The minimum Gasteiger partial charge on any atom is -0.494 e. The molecule has 0 bridgehead atoms. The van der Waals surface area contributed by atoms with Gasteiger partial charge in [0, 0.05) is 25.7 Å². The van der Waals surface area contributed by atoms with E-state index in [1.54, 1.807) is 13.1 Å². The van der Waals surface area contributed by atoms with Crippen molar-refractivity contribution in [2.75, 3.05) is 42.3 Å². The number of aromatic nitrogens is 5. The molecule has 3 aromatic rings. The average Bonchev–Trinajstić information content (AvgIpc) is 3.48. The fourth-order valence-corrected chi connectivity index (χ4v) is 4.18. The van der Waals surface area contributed by atoms with Gasteiger partial charge in [-0.05, 0) is 31.0 Å². The van der Waals surface area contributed by atoms with Crippen LogP contribution in [0.25, 0.3) is 0 Å². The number of anilines is 3. The second-order valence-electron chi connectivity index (χ2n) is 7.15. The molecular formula is C20H23FN8O3S. The van der Waals surface area contributed by atoms with Crippen LogP contribution in [0.4, 0.5) is 20.6 Å². The van der Waals surface area contributed by atoms with E-state index >= 15 is 0 Å². The molecule has 2 atom stereocenters. The van der Waals surface area contributed by atoms with Gasteiger partial charge in [0.25, 0.3) is 5.91 Å². The minimum absolute atomic E-state index is 0.0368. The molecule has 0 radical (unpaired) electrons. The molecule has 0 unspecified atom stereocenters. The first kappa shape index (κ1) is 22.7. The lowest BCUT2D eigenvalue weighted by molar-refractivity contribution is -0.127. The fourth-order valence-electron chi connectivity index (χ4n) is 3.45. The normalized spacial score (nSPS) is 16.5. The first-order chi connectivity index (χ1) is 16.1. The van der Waals surface area contributed by atoms with Crippen molar-refractivity contribution < 1.29 is 18.7 Å². The number of nitrogens with zero attached hydrogens (tertiary/aromatic N) is 6. The van der Waals surface area contributed by atoms with Crippen LogP contribution in [0.2, 0.25) is 0 Å². The van der Waals surface area contributed by atoms with Gasteiger partial charge >= 0.3 is 0 Å². The Hall–Kier alpha value is -3.45. The molecule has 1 aliphatic rings. The van der Waals surface area contributed by atoms with Crippen LogP contribution < -0.4 is 20.3 Å². The van der Waals surface area contributed by atoms with Crippen molar-refractivity contribution in [3.05, 3.63) is 42.0 Å². The van der Waals surface area contributed by atoms with E-state index in [4.69, 9.17) is 9.47 Å². The van der Waals surface area contributed by atoms with Gasteiger partial charge in [-0.3, -0.25) is 10.1 Å². The number of carbonyl (C=O) groups is 1. The second kappa shape index (κ2) is 10.4. The Labute approximate surface area is 193 Å². The molecule has 1 saturated heterocycles. The summed E-state index contributed by atoms with van der Waals surface area (Å²) >= 11 is 1.22. The van der Waals surface area contributed by atoms with Gasteiger partial charge in [-0.2, -0.15) is 5.10 Å². The Balaban J connectivity index is 1.37. The van der Waals surface area contributed by atoms with Gasteiger partial charge in [-0.15, -0.1) is 15.3 Å². The highest BCUT2D eigenvalue weighted by Gasteiger charge is 2.26. The predicted molar refractivity (Wildman–Crippen MR) is 120 cm³/mol. The molecule has 1 aliphatic heterocycles. The third kappa shape index (κ3) is 5.49. The zero-order valence-corrected chi connectivity index (χ0v) is 18.9. The van der Waals surface area contributed by atoms with Gasteiger partial charge in [0.2, 0.25) is 16.2 Å². The van der Waals surface area contributed by atoms with E-state index < -0.39 is 17.8 Å². The molecule has 33 heavy (non-hydrogen) atoms. The van der Waals surface area contributed by atoms with Crippen LogP contribution in [-0.4, -0.2) is 64.1 Å². The SMILES string of the molecule is CCO[C@@H](C(=O)Nc1nnc(N[C@@H]2CCN(c3nccnn3)C2)s1)c1ccc(F)c(OC)c1.